The van der Waals surface area contributed by atoms with Gasteiger partial charge in [0.15, 0.2) is 5.65 Å². The zero-order valence-corrected chi connectivity index (χ0v) is 23.5. The van der Waals surface area contributed by atoms with Crippen LogP contribution in [0, 0.1) is 5.82 Å². The van der Waals surface area contributed by atoms with Crippen molar-refractivity contribution in [3.63, 3.8) is 0 Å². The molecule has 0 aliphatic carbocycles. The van der Waals surface area contributed by atoms with Crippen molar-refractivity contribution < 1.29 is 27.1 Å². The minimum absolute atomic E-state index is 0.0110. The van der Waals surface area contributed by atoms with E-state index in [9.17, 15) is 22.4 Å². The fraction of sp³-hybridized carbons (Fsp3) is 0.462. The van der Waals surface area contributed by atoms with E-state index in [4.69, 9.17) is 9.84 Å². The number of carbonyl (C=O) groups excluding carboxylic acids is 2. The third-order valence-electron chi connectivity index (χ3n) is 6.71. The van der Waals surface area contributed by atoms with Crippen LogP contribution >= 0.6 is 0 Å². The molecule has 2 aromatic heterocycles. The van der Waals surface area contributed by atoms with E-state index >= 15 is 0 Å². The second-order valence-corrected chi connectivity index (χ2v) is 11.8. The van der Waals surface area contributed by atoms with Crippen LogP contribution in [0.1, 0.15) is 67.2 Å². The highest BCUT2D eigenvalue weighted by Crippen LogP contribution is 2.37. The Morgan fingerprint density at radius 3 is 2.38 bits per heavy atom. The molecule has 4 rings (SSSR count). The fourth-order valence-electron chi connectivity index (χ4n) is 4.62. The van der Waals surface area contributed by atoms with Crippen LogP contribution in [-0.2, 0) is 14.9 Å². The predicted molar refractivity (Wildman–Crippen MR) is 144 cm³/mol. The zero-order valence-electron chi connectivity index (χ0n) is 22.6. The van der Waals surface area contributed by atoms with Crippen LogP contribution in [0.4, 0.5) is 9.18 Å². The lowest BCUT2D eigenvalue weighted by molar-refractivity contribution is 0.0969. The number of hydrogen-bond donors (Lipinski definition) is 1. The van der Waals surface area contributed by atoms with Gasteiger partial charge in [-0.3, -0.25) is 4.79 Å². The summed E-state index contributed by atoms with van der Waals surface area (Å²) in [6.07, 6.45) is 0.847. The molecule has 1 saturated heterocycles. The van der Waals surface area contributed by atoms with Crippen LogP contribution in [0.25, 0.3) is 16.7 Å². The zero-order chi connectivity index (χ0) is 28.5. The van der Waals surface area contributed by atoms with E-state index in [1.54, 1.807) is 34.7 Å². The number of aromatic nitrogens is 3. The van der Waals surface area contributed by atoms with Crippen LogP contribution in [0.3, 0.4) is 0 Å². The largest absolute Gasteiger partial charge is 0.450 e. The van der Waals surface area contributed by atoms with Crippen LogP contribution in [-0.4, -0.2) is 78.2 Å². The molecule has 1 aromatic carbocycles. The second kappa shape index (κ2) is 11.3. The van der Waals surface area contributed by atoms with Gasteiger partial charge >= 0.3 is 16.3 Å². The number of carbonyl (C=O) groups is 2. The standard InChI is InChI=1S/C26H33FN6O5S/c1-6-38-26(35)32-13-11-17(12-14-32)20-15-21(25(34)30-39(36,37)31(4)5)28-24-22(20)23(16(2)3)29-33(24)19-9-7-18(27)8-10-19/h7-10,15-17H,6,11-14H2,1-5H3,(H,30,34). The number of amides is 2. The third kappa shape index (κ3) is 5.88. The molecule has 0 saturated carbocycles. The summed E-state index contributed by atoms with van der Waals surface area (Å²) in [4.78, 5) is 31.6. The summed E-state index contributed by atoms with van der Waals surface area (Å²) in [6.45, 7) is 6.97. The number of halogens is 1. The number of nitrogens with zero attached hydrogens (tertiary/aromatic N) is 5. The van der Waals surface area contributed by atoms with Gasteiger partial charge in [0.05, 0.1) is 18.0 Å². The molecule has 210 valence electrons. The molecule has 0 atom stereocenters. The number of rotatable bonds is 7. The van der Waals surface area contributed by atoms with Gasteiger partial charge < -0.3 is 9.64 Å². The Morgan fingerprint density at radius 1 is 1.18 bits per heavy atom. The first-order chi connectivity index (χ1) is 18.4. The van der Waals surface area contributed by atoms with Gasteiger partial charge in [0, 0.05) is 32.6 Å². The van der Waals surface area contributed by atoms with Crippen molar-refractivity contribution in [1.82, 2.24) is 28.7 Å². The molecule has 39 heavy (non-hydrogen) atoms. The molecular formula is C26H33FN6O5S. The molecule has 1 N–H and O–H groups in total. The lowest BCUT2D eigenvalue weighted by Crippen LogP contribution is -2.40. The molecular weight excluding hydrogens is 527 g/mol. The molecule has 0 radical (unpaired) electrons. The Bertz CT molecular complexity index is 1480. The highest BCUT2D eigenvalue weighted by atomic mass is 32.2. The molecule has 2 amide bonds. The maximum Gasteiger partial charge on any atom is 0.409 e. The van der Waals surface area contributed by atoms with Crippen LogP contribution in [0.15, 0.2) is 30.3 Å². The van der Waals surface area contributed by atoms with E-state index < -0.39 is 21.9 Å². The fourth-order valence-corrected chi connectivity index (χ4v) is 5.15. The molecule has 3 heterocycles. The second-order valence-electron chi connectivity index (χ2n) is 9.90. The first-order valence-electron chi connectivity index (χ1n) is 12.8. The van der Waals surface area contributed by atoms with Crippen molar-refractivity contribution in [3.05, 3.63) is 53.1 Å². The van der Waals surface area contributed by atoms with E-state index in [0.29, 0.717) is 43.9 Å². The van der Waals surface area contributed by atoms with Gasteiger partial charge in [-0.2, -0.15) is 17.8 Å². The number of nitrogens with one attached hydrogen (secondary N) is 1. The SMILES string of the molecule is CCOC(=O)N1CCC(c2cc(C(=O)NS(=O)(=O)N(C)C)nc3c2c(C(C)C)nn3-c2ccc(F)cc2)CC1. The number of hydrogen-bond acceptors (Lipinski definition) is 7. The van der Waals surface area contributed by atoms with Gasteiger partial charge in [0.1, 0.15) is 11.5 Å². The van der Waals surface area contributed by atoms with Crippen molar-refractivity contribution >= 4 is 33.2 Å². The topological polar surface area (TPSA) is 127 Å². The lowest BCUT2D eigenvalue weighted by atomic mass is 9.86. The highest BCUT2D eigenvalue weighted by molar-refractivity contribution is 7.87. The molecule has 1 fully saturated rings. The number of fused-ring (bicyclic) bond motifs is 1. The molecule has 1 aliphatic rings. The minimum Gasteiger partial charge on any atom is -0.450 e. The summed E-state index contributed by atoms with van der Waals surface area (Å²) >= 11 is 0. The first-order valence-corrected chi connectivity index (χ1v) is 14.2. The first kappa shape index (κ1) is 28.4. The van der Waals surface area contributed by atoms with Crippen molar-refractivity contribution in [2.45, 2.75) is 45.4 Å². The summed E-state index contributed by atoms with van der Waals surface area (Å²) in [5.41, 5.74) is 2.37. The quantitative estimate of drug-likeness (QED) is 0.468. The monoisotopic (exact) mass is 560 g/mol. The Labute approximate surface area is 227 Å². The minimum atomic E-state index is -4.06. The molecule has 3 aromatic rings. The summed E-state index contributed by atoms with van der Waals surface area (Å²) in [7, 11) is -1.44. The molecule has 13 heteroatoms. The van der Waals surface area contributed by atoms with E-state index in [-0.39, 0.29) is 23.6 Å². The summed E-state index contributed by atoms with van der Waals surface area (Å²) in [5, 5.41) is 5.56. The van der Waals surface area contributed by atoms with Crippen molar-refractivity contribution in [2.75, 3.05) is 33.8 Å². The van der Waals surface area contributed by atoms with Crippen LogP contribution in [0.5, 0.6) is 0 Å². The molecule has 11 nitrogen and oxygen atoms in total. The number of likely N-dealkylation sites (tertiary alicyclic amines) is 1. The number of piperidine rings is 1. The van der Waals surface area contributed by atoms with Crippen molar-refractivity contribution in [3.8, 4) is 5.69 Å². The molecule has 0 bridgehead atoms. The van der Waals surface area contributed by atoms with E-state index in [0.717, 1.165) is 20.9 Å². The van der Waals surface area contributed by atoms with Gasteiger partial charge in [-0.15, -0.1) is 0 Å². The Balaban J connectivity index is 1.87. The summed E-state index contributed by atoms with van der Waals surface area (Å²) < 4.78 is 48.1. The maximum atomic E-state index is 13.7. The summed E-state index contributed by atoms with van der Waals surface area (Å²) in [5.74, 6) is -1.35. The number of benzene rings is 1. The summed E-state index contributed by atoms with van der Waals surface area (Å²) in [6, 6.07) is 7.37. The molecule has 0 spiro atoms. The number of ether oxygens (including phenoxy) is 1. The average molecular weight is 561 g/mol. The van der Waals surface area contributed by atoms with Crippen molar-refractivity contribution in [2.24, 2.45) is 0 Å². The van der Waals surface area contributed by atoms with E-state index in [2.05, 4.69) is 4.98 Å². The predicted octanol–water partition coefficient (Wildman–Crippen LogP) is 3.56. The van der Waals surface area contributed by atoms with Crippen molar-refractivity contribution in [1.29, 1.82) is 0 Å². The van der Waals surface area contributed by atoms with Gasteiger partial charge in [-0.25, -0.2) is 23.6 Å². The lowest BCUT2D eigenvalue weighted by Gasteiger charge is -2.32. The Hall–Kier alpha value is -3.58. The van der Waals surface area contributed by atoms with Gasteiger partial charge in [0.2, 0.25) is 0 Å². The van der Waals surface area contributed by atoms with Gasteiger partial charge in [-0.05, 0) is 67.5 Å². The Morgan fingerprint density at radius 2 is 1.82 bits per heavy atom. The number of pyridine rings is 1. The maximum absolute atomic E-state index is 13.7. The Kier molecular flexibility index (Phi) is 8.21. The van der Waals surface area contributed by atoms with E-state index in [1.807, 2.05) is 18.6 Å². The normalized spacial score (nSPS) is 14.8. The highest BCUT2D eigenvalue weighted by Gasteiger charge is 2.31. The van der Waals surface area contributed by atoms with E-state index in [1.165, 1.54) is 26.2 Å². The van der Waals surface area contributed by atoms with Gasteiger partial charge in [0.25, 0.3) is 5.91 Å². The van der Waals surface area contributed by atoms with Crippen LogP contribution in [0.2, 0.25) is 0 Å². The third-order valence-corrected chi connectivity index (χ3v) is 8.11. The molecule has 0 unspecified atom stereocenters. The average Bonchev–Trinajstić information content (AvgIpc) is 3.28. The van der Waals surface area contributed by atoms with Gasteiger partial charge in [-0.1, -0.05) is 13.8 Å². The smallest absolute Gasteiger partial charge is 0.409 e. The molecule has 1 aliphatic heterocycles. The van der Waals surface area contributed by atoms with Crippen LogP contribution < -0.4 is 4.72 Å².